The third kappa shape index (κ3) is 1.39. The van der Waals surface area contributed by atoms with E-state index in [9.17, 15) is 18.0 Å². The Hall–Kier alpha value is -0.780. The van der Waals surface area contributed by atoms with Crippen molar-refractivity contribution in [3.05, 3.63) is 0 Å². The number of nitrogens with one attached hydrogen (secondary N) is 2. The fraction of sp³-hybridized carbons (Fsp3) is 0.857. The van der Waals surface area contributed by atoms with Crippen LogP contribution in [0.2, 0.25) is 0 Å². The summed E-state index contributed by atoms with van der Waals surface area (Å²) in [6.07, 6.45) is -3.94. The van der Waals surface area contributed by atoms with Crippen molar-refractivity contribution in [2.75, 3.05) is 6.54 Å². The minimum atomic E-state index is -4.24. The van der Waals surface area contributed by atoms with Crippen molar-refractivity contribution >= 4 is 5.91 Å². The number of hydrogen-bond donors (Lipinski definition) is 2. The normalized spacial score (nSPS) is 39.0. The van der Waals surface area contributed by atoms with Crippen LogP contribution in [0.25, 0.3) is 0 Å². The first-order chi connectivity index (χ1) is 5.98. The van der Waals surface area contributed by atoms with E-state index in [1.807, 2.05) is 0 Å². The number of amides is 1. The van der Waals surface area contributed by atoms with Gasteiger partial charge in [-0.1, -0.05) is 0 Å². The molecular weight excluding hydrogens is 185 g/mol. The molecule has 0 spiro atoms. The monoisotopic (exact) mass is 194 g/mol. The molecule has 2 N–H and O–H groups in total. The number of fused-ring (bicyclic) bond motifs is 2. The number of piperidine rings is 1. The number of alkyl halides is 3. The lowest BCUT2D eigenvalue weighted by atomic mass is 9.95. The molecule has 0 aromatic heterocycles. The average molecular weight is 194 g/mol. The van der Waals surface area contributed by atoms with Crippen LogP contribution in [0.3, 0.4) is 0 Å². The highest BCUT2D eigenvalue weighted by Crippen LogP contribution is 2.34. The zero-order valence-electron chi connectivity index (χ0n) is 6.69. The third-order valence-electron chi connectivity index (χ3n) is 2.60. The quantitative estimate of drug-likeness (QED) is 0.571. The summed E-state index contributed by atoms with van der Waals surface area (Å²) in [5.74, 6) is -0.814. The molecule has 2 fully saturated rings. The minimum Gasteiger partial charge on any atom is -0.354 e. The topological polar surface area (TPSA) is 41.1 Å². The summed E-state index contributed by atoms with van der Waals surface area (Å²) in [4.78, 5) is 11.0. The van der Waals surface area contributed by atoms with Gasteiger partial charge in [-0.2, -0.15) is 13.2 Å². The fourth-order valence-corrected chi connectivity index (χ4v) is 1.96. The van der Waals surface area contributed by atoms with Gasteiger partial charge in [-0.25, -0.2) is 0 Å². The lowest BCUT2D eigenvalue weighted by Crippen LogP contribution is -2.44. The molecule has 0 radical (unpaired) electrons. The number of carbonyl (C=O) groups excluding carboxylic acids is 1. The first kappa shape index (κ1) is 8.80. The van der Waals surface area contributed by atoms with E-state index in [1.54, 1.807) is 0 Å². The Morgan fingerprint density at radius 2 is 2.08 bits per heavy atom. The van der Waals surface area contributed by atoms with Crippen molar-refractivity contribution in [3.63, 3.8) is 0 Å². The van der Waals surface area contributed by atoms with Gasteiger partial charge in [-0.15, -0.1) is 0 Å². The van der Waals surface area contributed by atoms with Gasteiger partial charge < -0.3 is 5.32 Å². The smallest absolute Gasteiger partial charge is 0.354 e. The molecule has 2 heterocycles. The fourth-order valence-electron chi connectivity index (χ4n) is 1.96. The van der Waals surface area contributed by atoms with Crippen LogP contribution in [0.5, 0.6) is 0 Å². The molecule has 6 heteroatoms. The van der Waals surface area contributed by atoms with Gasteiger partial charge in [0.25, 0.3) is 0 Å². The molecule has 0 aromatic carbocycles. The van der Waals surface area contributed by atoms with E-state index >= 15 is 0 Å². The summed E-state index contributed by atoms with van der Waals surface area (Å²) < 4.78 is 37.0. The number of halogens is 3. The van der Waals surface area contributed by atoms with Crippen LogP contribution in [0.15, 0.2) is 0 Å². The van der Waals surface area contributed by atoms with Gasteiger partial charge in [0.1, 0.15) is 6.04 Å². The molecule has 2 aliphatic heterocycles. The van der Waals surface area contributed by atoms with E-state index in [2.05, 4.69) is 10.6 Å². The highest BCUT2D eigenvalue weighted by atomic mass is 19.4. The van der Waals surface area contributed by atoms with Gasteiger partial charge >= 0.3 is 6.18 Å². The number of rotatable bonds is 0. The molecule has 2 rings (SSSR count). The highest BCUT2D eigenvalue weighted by Gasteiger charge is 2.53. The SMILES string of the molecule is O=C1NC[C@H]2C[C@@H]1N[C@H]2C(F)(F)F. The number of carbonyl (C=O) groups is 1. The summed E-state index contributed by atoms with van der Waals surface area (Å²) in [6, 6.07) is -2.16. The van der Waals surface area contributed by atoms with E-state index in [-0.39, 0.29) is 12.5 Å². The molecule has 2 saturated heterocycles. The number of hydrogen-bond acceptors (Lipinski definition) is 2. The largest absolute Gasteiger partial charge is 0.404 e. The molecule has 2 bridgehead atoms. The summed E-state index contributed by atoms with van der Waals surface area (Å²) in [6.45, 7) is 0.131. The molecule has 74 valence electrons. The molecule has 2 aliphatic rings. The summed E-state index contributed by atoms with van der Waals surface area (Å²) in [7, 11) is 0. The van der Waals surface area contributed by atoms with E-state index in [0.717, 1.165) is 0 Å². The van der Waals surface area contributed by atoms with Gasteiger partial charge in [0.2, 0.25) is 5.91 Å². The van der Waals surface area contributed by atoms with E-state index < -0.39 is 24.2 Å². The van der Waals surface area contributed by atoms with Crippen LogP contribution >= 0.6 is 0 Å². The second kappa shape index (κ2) is 2.60. The van der Waals surface area contributed by atoms with Gasteiger partial charge in [0.15, 0.2) is 0 Å². The van der Waals surface area contributed by atoms with E-state index in [1.165, 1.54) is 0 Å². The van der Waals surface area contributed by atoms with Gasteiger partial charge in [0, 0.05) is 12.5 Å². The highest BCUT2D eigenvalue weighted by molar-refractivity contribution is 5.83. The van der Waals surface area contributed by atoms with Crippen molar-refractivity contribution in [2.45, 2.75) is 24.7 Å². The Morgan fingerprint density at radius 1 is 1.38 bits per heavy atom. The second-order valence-corrected chi connectivity index (χ2v) is 3.48. The first-order valence-corrected chi connectivity index (χ1v) is 4.09. The average Bonchev–Trinajstić information content (AvgIpc) is 2.36. The molecule has 0 aliphatic carbocycles. The standard InChI is InChI=1S/C7H9F3N2O/c8-7(9,10)5-3-1-4(12-5)6(13)11-2-3/h3-5,12H,1-2H2,(H,11,13)/t3-,4+,5-/m1/s1. The predicted octanol–water partition coefficient (Wildman–Crippen LogP) is 0.0252. The molecular formula is C7H9F3N2O. The maximum absolute atomic E-state index is 12.3. The maximum Gasteiger partial charge on any atom is 0.404 e. The molecule has 0 unspecified atom stereocenters. The van der Waals surface area contributed by atoms with Crippen LogP contribution in [-0.4, -0.2) is 30.7 Å². The second-order valence-electron chi connectivity index (χ2n) is 3.48. The van der Waals surface area contributed by atoms with Crippen LogP contribution in [0, 0.1) is 5.92 Å². The van der Waals surface area contributed by atoms with Crippen molar-refractivity contribution in [1.82, 2.24) is 10.6 Å². The van der Waals surface area contributed by atoms with E-state index in [0.29, 0.717) is 6.42 Å². The minimum absolute atomic E-state index is 0.131. The Morgan fingerprint density at radius 3 is 2.62 bits per heavy atom. The van der Waals surface area contributed by atoms with Gasteiger partial charge in [-0.05, 0) is 6.42 Å². The molecule has 1 amide bonds. The summed E-state index contributed by atoms with van der Waals surface area (Å²) in [5.41, 5.74) is 0. The van der Waals surface area contributed by atoms with E-state index in [4.69, 9.17) is 0 Å². The molecule has 3 atom stereocenters. The van der Waals surface area contributed by atoms with Crippen LogP contribution < -0.4 is 10.6 Å². The zero-order valence-corrected chi connectivity index (χ0v) is 6.69. The Balaban J connectivity index is 2.15. The van der Waals surface area contributed by atoms with Crippen molar-refractivity contribution in [1.29, 1.82) is 0 Å². The Kier molecular flexibility index (Phi) is 1.76. The third-order valence-corrected chi connectivity index (χ3v) is 2.60. The van der Waals surface area contributed by atoms with Crippen LogP contribution in [-0.2, 0) is 4.79 Å². The molecule has 0 aromatic rings. The zero-order chi connectivity index (χ0) is 9.64. The summed E-state index contributed by atoms with van der Waals surface area (Å²) >= 11 is 0. The lowest BCUT2D eigenvalue weighted by molar-refractivity contribution is -0.160. The Labute approximate surface area is 72.7 Å². The maximum atomic E-state index is 12.3. The van der Waals surface area contributed by atoms with Crippen molar-refractivity contribution in [2.24, 2.45) is 5.92 Å². The van der Waals surface area contributed by atoms with Crippen molar-refractivity contribution in [3.8, 4) is 0 Å². The van der Waals surface area contributed by atoms with Crippen LogP contribution in [0.4, 0.5) is 13.2 Å². The van der Waals surface area contributed by atoms with Crippen LogP contribution in [0.1, 0.15) is 6.42 Å². The van der Waals surface area contributed by atoms with Gasteiger partial charge in [-0.3, -0.25) is 10.1 Å². The molecule has 13 heavy (non-hydrogen) atoms. The molecule has 0 saturated carbocycles. The predicted molar refractivity (Wildman–Crippen MR) is 37.9 cm³/mol. The van der Waals surface area contributed by atoms with Gasteiger partial charge in [0.05, 0.1) is 6.04 Å². The summed E-state index contributed by atoms with van der Waals surface area (Å²) in [5, 5.41) is 4.75. The lowest BCUT2D eigenvalue weighted by Gasteiger charge is -2.21. The molecule has 3 nitrogen and oxygen atoms in total. The van der Waals surface area contributed by atoms with Crippen molar-refractivity contribution < 1.29 is 18.0 Å². The first-order valence-electron chi connectivity index (χ1n) is 4.09. The Bertz CT molecular complexity index is 240.